The van der Waals surface area contributed by atoms with Crippen LogP contribution in [0.4, 0.5) is 4.39 Å². The van der Waals surface area contributed by atoms with E-state index in [1.165, 1.54) is 12.1 Å². The second-order valence-electron chi connectivity index (χ2n) is 8.04. The smallest absolute Gasteiger partial charge is 0.255 e. The van der Waals surface area contributed by atoms with E-state index in [9.17, 15) is 9.18 Å². The second-order valence-corrected chi connectivity index (χ2v) is 8.04. The fraction of sp³-hybridized carbons (Fsp3) is 0.250. The maximum Gasteiger partial charge on any atom is 0.255 e. The van der Waals surface area contributed by atoms with E-state index in [2.05, 4.69) is 5.32 Å². The molecule has 0 aliphatic rings. The lowest BCUT2D eigenvalue weighted by Crippen LogP contribution is -2.28. The summed E-state index contributed by atoms with van der Waals surface area (Å²) in [5, 5.41) is 4.27. The Morgan fingerprint density at radius 2 is 1.71 bits per heavy atom. The molecule has 5 nitrogen and oxygen atoms in total. The fourth-order valence-electron chi connectivity index (χ4n) is 3.86. The topological polar surface area (TPSA) is 52.5 Å². The minimum absolute atomic E-state index is 0.0348. The molecule has 0 spiro atoms. The molecule has 3 aromatic carbocycles. The maximum absolute atomic E-state index is 13.4. The number of fused-ring (bicyclic) bond motifs is 1. The molecule has 0 atom stereocenters. The Hall–Kier alpha value is -3.48. The molecule has 0 unspecified atom stereocenters. The summed E-state index contributed by atoms with van der Waals surface area (Å²) in [6.45, 7) is 4.72. The van der Waals surface area contributed by atoms with Crippen LogP contribution >= 0.6 is 0 Å². The van der Waals surface area contributed by atoms with Crippen molar-refractivity contribution in [2.45, 2.75) is 33.0 Å². The van der Waals surface area contributed by atoms with Gasteiger partial charge in [0.15, 0.2) is 0 Å². The summed E-state index contributed by atoms with van der Waals surface area (Å²) in [5.41, 5.74) is 2.44. The predicted octanol–water partition coefficient (Wildman–Crippen LogP) is 5.65. The van der Waals surface area contributed by atoms with Gasteiger partial charge in [-0.1, -0.05) is 30.3 Å². The largest absolute Gasteiger partial charge is 0.457 e. The normalized spacial score (nSPS) is 11.1. The van der Waals surface area contributed by atoms with Crippen LogP contribution in [0.25, 0.3) is 10.9 Å². The monoisotopic (exact) mass is 460 g/mol. The Labute approximate surface area is 198 Å². The number of ether oxygens (including phenoxy) is 2. The van der Waals surface area contributed by atoms with Crippen molar-refractivity contribution in [3.63, 3.8) is 0 Å². The number of nitrogens with zero attached hydrogens (tertiary/aromatic N) is 1. The van der Waals surface area contributed by atoms with Crippen LogP contribution in [0.1, 0.15) is 24.5 Å². The van der Waals surface area contributed by atoms with Crippen molar-refractivity contribution in [1.82, 2.24) is 9.88 Å². The van der Waals surface area contributed by atoms with Crippen molar-refractivity contribution in [2.24, 2.45) is 0 Å². The number of benzene rings is 3. The molecule has 0 fully saturated rings. The lowest BCUT2D eigenvalue weighted by molar-refractivity contribution is 0.141. The van der Waals surface area contributed by atoms with Gasteiger partial charge in [0.1, 0.15) is 17.3 Å². The average molecular weight is 461 g/mol. The molecule has 1 N–H and O–H groups in total. The lowest BCUT2D eigenvalue weighted by atomic mass is 10.1. The minimum Gasteiger partial charge on any atom is -0.457 e. The van der Waals surface area contributed by atoms with Crippen molar-refractivity contribution in [2.75, 3.05) is 13.2 Å². The number of halogens is 1. The molecular weight excluding hydrogens is 431 g/mol. The summed E-state index contributed by atoms with van der Waals surface area (Å²) < 4.78 is 26.4. The predicted molar refractivity (Wildman–Crippen MR) is 133 cm³/mol. The fourth-order valence-corrected chi connectivity index (χ4v) is 3.86. The first kappa shape index (κ1) is 23.7. The van der Waals surface area contributed by atoms with Gasteiger partial charge in [0, 0.05) is 44.5 Å². The highest BCUT2D eigenvalue weighted by molar-refractivity contribution is 5.81. The SMILES string of the molecule is CCOCCCn1c(=O)c(CNCc2ccc(F)cc2)cc2ccc(Oc3ccccc3)cc21. The van der Waals surface area contributed by atoms with Crippen molar-refractivity contribution >= 4 is 10.9 Å². The van der Waals surface area contributed by atoms with Gasteiger partial charge >= 0.3 is 0 Å². The quantitative estimate of drug-likeness (QED) is 0.294. The van der Waals surface area contributed by atoms with E-state index in [1.54, 1.807) is 16.7 Å². The van der Waals surface area contributed by atoms with Gasteiger partial charge in [-0.2, -0.15) is 0 Å². The minimum atomic E-state index is -0.260. The van der Waals surface area contributed by atoms with E-state index >= 15 is 0 Å². The molecule has 0 saturated carbocycles. The number of nitrogens with one attached hydrogen (secondary N) is 1. The number of para-hydroxylation sites is 1. The van der Waals surface area contributed by atoms with Crippen LogP contribution in [0.5, 0.6) is 11.5 Å². The molecule has 0 aliphatic carbocycles. The zero-order valence-electron chi connectivity index (χ0n) is 19.3. The van der Waals surface area contributed by atoms with E-state index in [4.69, 9.17) is 9.47 Å². The van der Waals surface area contributed by atoms with Gasteiger partial charge in [0.2, 0.25) is 0 Å². The molecule has 6 heteroatoms. The Bertz CT molecular complexity index is 1270. The van der Waals surface area contributed by atoms with Gasteiger partial charge in [-0.15, -0.1) is 0 Å². The number of hydrogen-bond acceptors (Lipinski definition) is 4. The Morgan fingerprint density at radius 1 is 0.912 bits per heavy atom. The highest BCUT2D eigenvalue weighted by Crippen LogP contribution is 2.25. The summed E-state index contributed by atoms with van der Waals surface area (Å²) >= 11 is 0. The van der Waals surface area contributed by atoms with Crippen LogP contribution in [0.3, 0.4) is 0 Å². The molecule has 4 rings (SSSR count). The number of rotatable bonds is 11. The van der Waals surface area contributed by atoms with Crippen molar-refractivity contribution in [3.05, 3.63) is 106 Å². The molecule has 176 valence electrons. The third kappa shape index (κ3) is 6.10. The van der Waals surface area contributed by atoms with Crippen molar-refractivity contribution < 1.29 is 13.9 Å². The van der Waals surface area contributed by atoms with Crippen molar-refractivity contribution in [3.8, 4) is 11.5 Å². The first-order valence-electron chi connectivity index (χ1n) is 11.6. The van der Waals surface area contributed by atoms with Crippen LogP contribution in [-0.4, -0.2) is 17.8 Å². The van der Waals surface area contributed by atoms with E-state index in [0.29, 0.717) is 44.2 Å². The van der Waals surface area contributed by atoms with Crippen LogP contribution in [0.2, 0.25) is 0 Å². The summed E-state index contributed by atoms with van der Waals surface area (Å²) in [7, 11) is 0. The van der Waals surface area contributed by atoms with Crippen molar-refractivity contribution in [1.29, 1.82) is 0 Å². The first-order chi connectivity index (χ1) is 16.6. The standard InChI is InChI=1S/C28H29FN2O3/c1-2-33-16-6-15-31-27-18-26(34-25-7-4-3-5-8-25)14-11-22(27)17-23(28(31)32)20-30-19-21-9-12-24(29)13-10-21/h3-5,7-14,17-18,30H,2,6,15-16,19-20H2,1H3. The Balaban J connectivity index is 1.59. The Morgan fingerprint density at radius 3 is 2.47 bits per heavy atom. The van der Waals surface area contributed by atoms with E-state index in [1.807, 2.05) is 61.5 Å². The summed E-state index contributed by atoms with van der Waals surface area (Å²) in [6, 6.07) is 23.7. The molecule has 0 radical (unpaired) electrons. The van der Waals surface area contributed by atoms with Gasteiger partial charge in [-0.3, -0.25) is 4.79 Å². The number of aryl methyl sites for hydroxylation is 1. The van der Waals surface area contributed by atoms with Gasteiger partial charge < -0.3 is 19.4 Å². The average Bonchev–Trinajstić information content (AvgIpc) is 2.85. The molecule has 0 amide bonds. The molecule has 1 aromatic heterocycles. The van der Waals surface area contributed by atoms with E-state index < -0.39 is 0 Å². The maximum atomic E-state index is 13.4. The lowest BCUT2D eigenvalue weighted by Gasteiger charge is -2.15. The molecule has 4 aromatic rings. The van der Waals surface area contributed by atoms with Crippen LogP contribution in [0, 0.1) is 5.82 Å². The zero-order chi connectivity index (χ0) is 23.8. The molecule has 1 heterocycles. The molecular formula is C28H29FN2O3. The summed E-state index contributed by atoms with van der Waals surface area (Å²) in [5.74, 6) is 1.16. The zero-order valence-corrected chi connectivity index (χ0v) is 19.3. The van der Waals surface area contributed by atoms with Crippen LogP contribution in [-0.2, 0) is 24.4 Å². The summed E-state index contributed by atoms with van der Waals surface area (Å²) in [6.07, 6.45) is 0.735. The Kier molecular flexibility index (Phi) is 8.07. The van der Waals surface area contributed by atoms with E-state index in [0.717, 1.165) is 28.6 Å². The third-order valence-corrected chi connectivity index (χ3v) is 5.55. The number of pyridine rings is 1. The second kappa shape index (κ2) is 11.6. The highest BCUT2D eigenvalue weighted by Gasteiger charge is 2.11. The molecule has 0 aliphatic heterocycles. The molecule has 34 heavy (non-hydrogen) atoms. The van der Waals surface area contributed by atoms with Crippen LogP contribution in [0.15, 0.2) is 83.7 Å². The van der Waals surface area contributed by atoms with Gasteiger partial charge in [-0.25, -0.2) is 4.39 Å². The van der Waals surface area contributed by atoms with Gasteiger partial charge in [-0.05, 0) is 66.8 Å². The van der Waals surface area contributed by atoms with Gasteiger partial charge in [0.05, 0.1) is 5.52 Å². The van der Waals surface area contributed by atoms with Gasteiger partial charge in [0.25, 0.3) is 5.56 Å². The third-order valence-electron chi connectivity index (χ3n) is 5.55. The number of hydrogen-bond donors (Lipinski definition) is 1. The van der Waals surface area contributed by atoms with E-state index in [-0.39, 0.29) is 11.4 Å². The first-order valence-corrected chi connectivity index (χ1v) is 11.6. The van der Waals surface area contributed by atoms with Crippen LogP contribution < -0.4 is 15.6 Å². The molecule has 0 bridgehead atoms. The number of aromatic nitrogens is 1. The molecule has 0 saturated heterocycles. The highest BCUT2D eigenvalue weighted by atomic mass is 19.1. The summed E-state index contributed by atoms with van der Waals surface area (Å²) in [4.78, 5) is 13.4.